The molecule has 14 nitrogen and oxygen atoms in total. The Balaban J connectivity index is 1.49. The Morgan fingerprint density at radius 2 is 1.55 bits per heavy atom. The van der Waals surface area contributed by atoms with Crippen LogP contribution in [-0.4, -0.2) is 119 Å². The van der Waals surface area contributed by atoms with Crippen LogP contribution in [0.15, 0.2) is 42.5 Å². The highest BCUT2D eigenvalue weighted by Gasteiger charge is 2.46. The van der Waals surface area contributed by atoms with E-state index in [-0.39, 0.29) is 50.3 Å². The zero-order chi connectivity index (χ0) is 41.0. The molecule has 0 bridgehead atoms. The molecule has 8 atom stereocenters. The van der Waals surface area contributed by atoms with Gasteiger partial charge in [-0.2, -0.15) is 0 Å². The van der Waals surface area contributed by atoms with Crippen molar-refractivity contribution in [1.82, 2.24) is 30.7 Å². The van der Waals surface area contributed by atoms with Crippen LogP contribution in [0, 0.1) is 24.5 Å². The van der Waals surface area contributed by atoms with E-state index < -0.39 is 95.4 Å². The molecule has 302 valence electrons. The van der Waals surface area contributed by atoms with Gasteiger partial charge in [-0.1, -0.05) is 36.8 Å². The topological polar surface area (TPSA) is 175 Å². The summed E-state index contributed by atoms with van der Waals surface area (Å²) < 4.78 is 34.4. The quantitative estimate of drug-likeness (QED) is 0.355. The van der Waals surface area contributed by atoms with Gasteiger partial charge in [0, 0.05) is 32.6 Å². The molecule has 3 heterocycles. The van der Waals surface area contributed by atoms with Crippen molar-refractivity contribution >= 4 is 41.4 Å². The number of nitrogens with zero attached hydrogens (tertiary/aromatic N) is 3. The third-order valence-corrected chi connectivity index (χ3v) is 10.8. The van der Waals surface area contributed by atoms with Gasteiger partial charge in [0.2, 0.25) is 35.4 Å². The number of likely N-dealkylation sites (N-methyl/N-ethyl adjacent to an activating group) is 1. The van der Waals surface area contributed by atoms with Crippen LogP contribution in [-0.2, 0) is 51.1 Å². The second-order valence-electron chi connectivity index (χ2n) is 15.3. The average molecular weight is 781 g/mol. The Kier molecular flexibility index (Phi) is 13.1. The molecule has 56 heavy (non-hydrogen) atoms. The van der Waals surface area contributed by atoms with Crippen molar-refractivity contribution in [3.05, 3.63) is 70.8 Å². The summed E-state index contributed by atoms with van der Waals surface area (Å²) in [6.45, 7) is 8.42. The van der Waals surface area contributed by atoms with Crippen molar-refractivity contribution in [3.8, 4) is 0 Å². The number of halogens is 2. The molecule has 6 amide bonds. The maximum atomic E-state index is 14.5. The zero-order valence-electron chi connectivity index (χ0n) is 32.5. The van der Waals surface area contributed by atoms with Crippen LogP contribution in [0.1, 0.15) is 63.6 Å². The zero-order valence-corrected chi connectivity index (χ0v) is 32.5. The normalized spacial score (nSPS) is 27.0. The van der Waals surface area contributed by atoms with Gasteiger partial charge in [-0.3, -0.25) is 28.8 Å². The smallest absolute Gasteiger partial charge is 0.329 e. The lowest BCUT2D eigenvalue weighted by Crippen LogP contribution is -2.62. The number of fused-ring (bicyclic) bond motifs is 2. The number of aryl methyl sites for hydroxylation is 1. The standard InChI is InChI=1S/C40H50F2N6O8/c1-21-9-11-26(12-10-21)18-33(49)44-30(17-27-15-28(41)19-29(42)16-27)36(51)45-34-25(5)56-40(55)32-14-22(2)20-48(32)37(52)23(3)43-35(50)24(4)46(6)38(53)31-8-7-13-47(31)39(34)54/h9-12,15-16,19,22-25,30-32,34H,7-8,13-14,17-18,20H2,1-6H3,(H,43,50)(H,44,49)(H,45,51)/t22-,23+,24+,25+,30+,31+,32+,34+/m1/s1. The van der Waals surface area contributed by atoms with Gasteiger partial charge in [-0.05, 0) is 76.1 Å². The number of amides is 6. The molecule has 0 unspecified atom stereocenters. The molecule has 0 aromatic heterocycles. The molecule has 3 N–H and O–H groups in total. The van der Waals surface area contributed by atoms with Crippen LogP contribution >= 0.6 is 0 Å². The van der Waals surface area contributed by atoms with E-state index >= 15 is 0 Å². The summed E-state index contributed by atoms with van der Waals surface area (Å²) in [7, 11) is 1.42. The van der Waals surface area contributed by atoms with Gasteiger partial charge in [0.15, 0.2) is 0 Å². The van der Waals surface area contributed by atoms with Gasteiger partial charge < -0.3 is 35.4 Å². The predicted octanol–water partition coefficient (Wildman–Crippen LogP) is 1.55. The molecule has 16 heteroatoms. The monoisotopic (exact) mass is 780 g/mol. The summed E-state index contributed by atoms with van der Waals surface area (Å²) >= 11 is 0. The molecule has 0 saturated carbocycles. The lowest BCUT2D eigenvalue weighted by molar-refractivity contribution is -0.162. The lowest BCUT2D eigenvalue weighted by atomic mass is 10.0. The van der Waals surface area contributed by atoms with E-state index in [9.17, 15) is 42.3 Å². The fraction of sp³-hybridized carbons (Fsp3) is 0.525. The number of hydrogen-bond acceptors (Lipinski definition) is 8. The van der Waals surface area contributed by atoms with Crippen molar-refractivity contribution in [2.24, 2.45) is 5.92 Å². The van der Waals surface area contributed by atoms with Gasteiger partial charge >= 0.3 is 5.97 Å². The van der Waals surface area contributed by atoms with Crippen LogP contribution in [0.4, 0.5) is 8.78 Å². The Hall–Kier alpha value is -5.41. The summed E-state index contributed by atoms with van der Waals surface area (Å²) in [6.07, 6.45) is -0.975. The van der Waals surface area contributed by atoms with E-state index in [1.54, 1.807) is 12.1 Å². The van der Waals surface area contributed by atoms with Crippen molar-refractivity contribution in [1.29, 1.82) is 0 Å². The molecule has 0 spiro atoms. The van der Waals surface area contributed by atoms with Gasteiger partial charge in [-0.15, -0.1) is 0 Å². The van der Waals surface area contributed by atoms with E-state index in [1.165, 1.54) is 42.5 Å². The number of rotatable bonds is 7. The molecule has 0 radical (unpaired) electrons. The molecule has 3 fully saturated rings. The maximum Gasteiger partial charge on any atom is 0.329 e. The number of esters is 1. The van der Waals surface area contributed by atoms with Gasteiger partial charge in [0.05, 0.1) is 6.42 Å². The van der Waals surface area contributed by atoms with Gasteiger partial charge in [0.25, 0.3) is 0 Å². The van der Waals surface area contributed by atoms with Crippen molar-refractivity contribution in [2.45, 2.75) is 109 Å². The number of cyclic esters (lactones) is 1. The van der Waals surface area contributed by atoms with E-state index in [0.29, 0.717) is 18.1 Å². The molecular weight excluding hydrogens is 730 g/mol. The molecule has 0 aliphatic carbocycles. The van der Waals surface area contributed by atoms with E-state index in [0.717, 1.165) is 17.7 Å². The second-order valence-corrected chi connectivity index (χ2v) is 15.3. The molecule has 2 aromatic rings. The number of nitrogens with one attached hydrogen (secondary N) is 3. The highest BCUT2D eigenvalue weighted by molar-refractivity contribution is 5.97. The molecule has 3 aliphatic rings. The van der Waals surface area contributed by atoms with Gasteiger partial charge in [0.1, 0.15) is 54.0 Å². The Bertz CT molecular complexity index is 1840. The molecule has 3 saturated heterocycles. The molecule has 2 aromatic carbocycles. The third-order valence-electron chi connectivity index (χ3n) is 10.8. The predicted molar refractivity (Wildman–Crippen MR) is 198 cm³/mol. The van der Waals surface area contributed by atoms with Crippen LogP contribution in [0.5, 0.6) is 0 Å². The van der Waals surface area contributed by atoms with Crippen LogP contribution in [0.25, 0.3) is 0 Å². The Morgan fingerprint density at radius 3 is 2.21 bits per heavy atom. The van der Waals surface area contributed by atoms with E-state index in [4.69, 9.17) is 4.74 Å². The van der Waals surface area contributed by atoms with Crippen LogP contribution in [0.3, 0.4) is 0 Å². The minimum Gasteiger partial charge on any atom is -0.458 e. The Morgan fingerprint density at radius 1 is 0.893 bits per heavy atom. The van der Waals surface area contributed by atoms with Crippen molar-refractivity contribution in [2.75, 3.05) is 20.1 Å². The Labute approximate surface area is 324 Å². The fourth-order valence-electron chi connectivity index (χ4n) is 7.50. The number of carbonyl (C=O) groups is 7. The minimum absolute atomic E-state index is 0.0443. The number of hydrogen-bond donors (Lipinski definition) is 3. The molecule has 5 rings (SSSR count). The van der Waals surface area contributed by atoms with Crippen LogP contribution in [0.2, 0.25) is 0 Å². The summed E-state index contributed by atoms with van der Waals surface area (Å²) in [5.74, 6) is -6.73. The van der Waals surface area contributed by atoms with Gasteiger partial charge in [-0.25, -0.2) is 13.6 Å². The SMILES string of the molecule is Cc1ccc(CC(=O)N[C@@H](Cc2cc(F)cc(F)c2)C(=O)N[C@@H]2C(=O)N3CCC[C@H]3C(=O)N(C)[C@@H](C)C(=O)N[C@@H](C)C(=O)N3C[C@H](C)C[C@H]3C(=O)O[C@H]2C)cc1. The van der Waals surface area contributed by atoms with E-state index in [2.05, 4.69) is 16.0 Å². The first-order valence-corrected chi connectivity index (χ1v) is 18.9. The van der Waals surface area contributed by atoms with Crippen LogP contribution < -0.4 is 16.0 Å². The maximum absolute atomic E-state index is 14.5. The van der Waals surface area contributed by atoms with E-state index in [1.807, 2.05) is 26.0 Å². The second kappa shape index (κ2) is 17.6. The number of benzene rings is 2. The first kappa shape index (κ1) is 41.7. The lowest BCUT2D eigenvalue weighted by Gasteiger charge is -2.36. The summed E-state index contributed by atoms with van der Waals surface area (Å²) in [5.41, 5.74) is 1.66. The highest BCUT2D eigenvalue weighted by Crippen LogP contribution is 2.27. The summed E-state index contributed by atoms with van der Waals surface area (Å²) in [5, 5.41) is 7.91. The minimum atomic E-state index is -1.61. The first-order valence-electron chi connectivity index (χ1n) is 18.9. The van der Waals surface area contributed by atoms with Crippen molar-refractivity contribution in [3.63, 3.8) is 0 Å². The average Bonchev–Trinajstić information content (AvgIpc) is 3.79. The molecular formula is C40H50F2N6O8. The fourth-order valence-corrected chi connectivity index (χ4v) is 7.50. The highest BCUT2D eigenvalue weighted by atomic mass is 19.1. The number of carbonyl (C=O) groups excluding carboxylic acids is 7. The summed E-state index contributed by atoms with van der Waals surface area (Å²) in [6, 6.07) is 2.60. The third kappa shape index (κ3) is 9.69. The summed E-state index contributed by atoms with van der Waals surface area (Å²) in [4.78, 5) is 100. The first-order chi connectivity index (χ1) is 26.4. The molecule has 3 aliphatic heterocycles. The largest absolute Gasteiger partial charge is 0.458 e. The van der Waals surface area contributed by atoms with Crippen molar-refractivity contribution < 1.29 is 47.1 Å². The number of ether oxygens (including phenoxy) is 1.